The third-order valence-corrected chi connectivity index (χ3v) is 5.86. The monoisotopic (exact) mass is 367 g/mol. The molecule has 0 amide bonds. The minimum atomic E-state index is -3.92. The van der Waals surface area contributed by atoms with Crippen molar-refractivity contribution < 1.29 is 17.5 Å². The number of nitrogens with one attached hydrogen (secondary N) is 1. The lowest BCUT2D eigenvalue weighted by Crippen LogP contribution is -2.44. The zero-order valence-electron chi connectivity index (χ0n) is 14.1. The van der Waals surface area contributed by atoms with E-state index in [4.69, 9.17) is 4.74 Å². The summed E-state index contributed by atoms with van der Waals surface area (Å²) in [5.74, 6) is -0.753. The summed E-state index contributed by atoms with van der Waals surface area (Å²) in [5, 5.41) is 0. The molecular formula is C17H22FN3O3S. The second-order valence-corrected chi connectivity index (χ2v) is 7.73. The fourth-order valence-electron chi connectivity index (χ4n) is 3.06. The van der Waals surface area contributed by atoms with E-state index in [0.29, 0.717) is 13.2 Å². The van der Waals surface area contributed by atoms with E-state index >= 15 is 0 Å². The molecule has 1 N–H and O–H groups in total. The fourth-order valence-corrected chi connectivity index (χ4v) is 4.17. The lowest BCUT2D eigenvalue weighted by Gasteiger charge is -2.34. The maximum atomic E-state index is 13.9. The van der Waals surface area contributed by atoms with E-state index in [1.165, 1.54) is 18.2 Å². The molecule has 1 unspecified atom stereocenters. The zero-order chi connectivity index (χ0) is 17.9. The molecule has 1 aromatic heterocycles. The Bertz CT molecular complexity index is 816. The molecule has 1 aromatic carbocycles. The second-order valence-electron chi connectivity index (χ2n) is 5.99. The van der Waals surface area contributed by atoms with Crippen molar-refractivity contribution in [1.29, 1.82) is 0 Å². The number of sulfonamides is 1. The Hall–Kier alpha value is -1.74. The number of morpholine rings is 1. The van der Waals surface area contributed by atoms with Gasteiger partial charge in [-0.1, -0.05) is 12.1 Å². The molecule has 2 aromatic rings. The van der Waals surface area contributed by atoms with Gasteiger partial charge in [0, 0.05) is 38.6 Å². The predicted octanol–water partition coefficient (Wildman–Crippen LogP) is 1.52. The number of halogens is 1. The second kappa shape index (κ2) is 7.65. The van der Waals surface area contributed by atoms with Crippen molar-refractivity contribution in [3.8, 4) is 0 Å². The maximum absolute atomic E-state index is 13.9. The molecule has 136 valence electrons. The zero-order valence-corrected chi connectivity index (χ0v) is 14.9. The van der Waals surface area contributed by atoms with Crippen LogP contribution in [0.2, 0.25) is 0 Å². The summed E-state index contributed by atoms with van der Waals surface area (Å²) in [5.41, 5.74) is 0.998. The molecule has 0 spiro atoms. The van der Waals surface area contributed by atoms with E-state index in [0.717, 1.165) is 24.8 Å². The number of rotatable bonds is 6. The highest BCUT2D eigenvalue weighted by atomic mass is 32.2. The lowest BCUT2D eigenvalue weighted by molar-refractivity contribution is 0.0158. The van der Waals surface area contributed by atoms with E-state index in [2.05, 4.69) is 9.62 Å². The van der Waals surface area contributed by atoms with Gasteiger partial charge in [0.1, 0.15) is 10.7 Å². The molecule has 1 aliphatic heterocycles. The van der Waals surface area contributed by atoms with Crippen molar-refractivity contribution in [3.05, 3.63) is 54.1 Å². The fraction of sp³-hybridized carbons (Fsp3) is 0.412. The van der Waals surface area contributed by atoms with E-state index in [1.54, 1.807) is 0 Å². The van der Waals surface area contributed by atoms with Gasteiger partial charge in [-0.05, 0) is 24.3 Å². The molecule has 1 aliphatic rings. The van der Waals surface area contributed by atoms with Gasteiger partial charge in [0.05, 0.1) is 19.3 Å². The van der Waals surface area contributed by atoms with E-state index in [1.807, 2.05) is 29.9 Å². The summed E-state index contributed by atoms with van der Waals surface area (Å²) in [4.78, 5) is 1.85. The quantitative estimate of drug-likeness (QED) is 0.841. The number of aromatic nitrogens is 1. The van der Waals surface area contributed by atoms with Crippen LogP contribution in [0.5, 0.6) is 0 Å². The van der Waals surface area contributed by atoms with Crippen molar-refractivity contribution >= 4 is 10.0 Å². The van der Waals surface area contributed by atoms with Gasteiger partial charge < -0.3 is 9.30 Å². The van der Waals surface area contributed by atoms with Crippen molar-refractivity contribution in [1.82, 2.24) is 14.2 Å². The van der Waals surface area contributed by atoms with Gasteiger partial charge in [-0.3, -0.25) is 4.90 Å². The highest BCUT2D eigenvalue weighted by Crippen LogP contribution is 2.22. The standard InChI is InChI=1S/C17H22FN3O3S/c1-20-8-4-6-15(20)16(21-9-11-24-12-10-21)13-19-25(22,23)17-7-3-2-5-14(17)18/h2-8,16,19H,9-13H2,1H3. The van der Waals surface area contributed by atoms with Gasteiger partial charge in [0.2, 0.25) is 10.0 Å². The summed E-state index contributed by atoms with van der Waals surface area (Å²) in [6.45, 7) is 2.82. The SMILES string of the molecule is Cn1cccc1C(CNS(=O)(=O)c1ccccc1F)N1CCOCC1. The first-order valence-electron chi connectivity index (χ1n) is 8.16. The first-order valence-corrected chi connectivity index (χ1v) is 9.64. The maximum Gasteiger partial charge on any atom is 0.243 e. The number of ether oxygens (including phenoxy) is 1. The number of hydrogen-bond donors (Lipinski definition) is 1. The van der Waals surface area contributed by atoms with Crippen molar-refractivity contribution in [2.24, 2.45) is 7.05 Å². The highest BCUT2D eigenvalue weighted by Gasteiger charge is 2.27. The Kier molecular flexibility index (Phi) is 5.53. The molecule has 8 heteroatoms. The largest absolute Gasteiger partial charge is 0.379 e. The lowest BCUT2D eigenvalue weighted by atomic mass is 10.1. The van der Waals surface area contributed by atoms with E-state index in [9.17, 15) is 12.8 Å². The smallest absolute Gasteiger partial charge is 0.243 e. The van der Waals surface area contributed by atoms with E-state index < -0.39 is 15.8 Å². The molecule has 0 radical (unpaired) electrons. The van der Waals surface area contributed by atoms with Crippen molar-refractivity contribution in [2.45, 2.75) is 10.9 Å². The van der Waals surface area contributed by atoms with Crippen LogP contribution in [0.25, 0.3) is 0 Å². The Morgan fingerprint density at radius 2 is 1.92 bits per heavy atom. The van der Waals surface area contributed by atoms with E-state index in [-0.39, 0.29) is 17.5 Å². The molecule has 1 atom stereocenters. The molecular weight excluding hydrogens is 345 g/mol. The molecule has 6 nitrogen and oxygen atoms in total. The first kappa shape index (κ1) is 18.1. The number of nitrogens with zero attached hydrogens (tertiary/aromatic N) is 2. The Morgan fingerprint density at radius 1 is 1.20 bits per heavy atom. The third-order valence-electron chi connectivity index (χ3n) is 4.40. The summed E-state index contributed by atoms with van der Waals surface area (Å²) < 4.78 is 48.8. The van der Waals surface area contributed by atoms with Crippen LogP contribution in [0.3, 0.4) is 0 Å². The van der Waals surface area contributed by atoms with Crippen LogP contribution < -0.4 is 4.72 Å². The molecule has 1 fully saturated rings. The number of benzene rings is 1. The third kappa shape index (κ3) is 4.09. The topological polar surface area (TPSA) is 63.6 Å². The molecule has 25 heavy (non-hydrogen) atoms. The normalized spacial score (nSPS) is 17.5. The van der Waals surface area contributed by atoms with Gasteiger partial charge in [0.25, 0.3) is 0 Å². The molecule has 2 heterocycles. The summed E-state index contributed by atoms with van der Waals surface area (Å²) in [7, 11) is -2.00. The summed E-state index contributed by atoms with van der Waals surface area (Å²) in [6, 6.07) is 9.13. The molecule has 1 saturated heterocycles. The van der Waals surface area contributed by atoms with Gasteiger partial charge in [-0.2, -0.15) is 0 Å². The summed E-state index contributed by atoms with van der Waals surface area (Å²) >= 11 is 0. The van der Waals surface area contributed by atoms with Crippen LogP contribution in [0, 0.1) is 5.82 Å². The average Bonchev–Trinajstić information content (AvgIpc) is 3.02. The minimum absolute atomic E-state index is 0.148. The molecule has 3 rings (SSSR count). The van der Waals surface area contributed by atoms with Crippen LogP contribution >= 0.6 is 0 Å². The molecule has 0 saturated carbocycles. The number of aryl methyl sites for hydroxylation is 1. The molecule has 0 bridgehead atoms. The van der Waals surface area contributed by atoms with Gasteiger partial charge in [-0.25, -0.2) is 17.5 Å². The Balaban J connectivity index is 1.81. The van der Waals surface area contributed by atoms with Crippen LogP contribution in [0.4, 0.5) is 4.39 Å². The predicted molar refractivity (Wildman–Crippen MR) is 92.1 cm³/mol. The van der Waals surface area contributed by atoms with Crippen LogP contribution in [-0.4, -0.2) is 50.7 Å². The van der Waals surface area contributed by atoms with Crippen LogP contribution in [0.1, 0.15) is 11.7 Å². The van der Waals surface area contributed by atoms with Crippen LogP contribution in [0.15, 0.2) is 47.5 Å². The van der Waals surface area contributed by atoms with Gasteiger partial charge in [-0.15, -0.1) is 0 Å². The van der Waals surface area contributed by atoms with Gasteiger partial charge in [0.15, 0.2) is 0 Å². The first-order chi connectivity index (χ1) is 12.0. The Morgan fingerprint density at radius 3 is 2.56 bits per heavy atom. The molecule has 0 aliphatic carbocycles. The van der Waals surface area contributed by atoms with Crippen molar-refractivity contribution in [2.75, 3.05) is 32.8 Å². The minimum Gasteiger partial charge on any atom is -0.379 e. The summed E-state index contributed by atoms with van der Waals surface area (Å²) in [6.07, 6.45) is 1.92. The highest BCUT2D eigenvalue weighted by molar-refractivity contribution is 7.89. The van der Waals surface area contributed by atoms with Crippen molar-refractivity contribution in [3.63, 3.8) is 0 Å². The average molecular weight is 367 g/mol. The Labute approximate surface area is 147 Å². The van der Waals surface area contributed by atoms with Gasteiger partial charge >= 0.3 is 0 Å². The van der Waals surface area contributed by atoms with Crippen LogP contribution in [-0.2, 0) is 21.8 Å². The number of hydrogen-bond acceptors (Lipinski definition) is 4.